The van der Waals surface area contributed by atoms with Gasteiger partial charge in [-0.1, -0.05) is 6.07 Å². The number of alkyl halides is 3. The van der Waals surface area contributed by atoms with Crippen molar-refractivity contribution in [2.45, 2.75) is 25.1 Å². The molecule has 1 heterocycles. The van der Waals surface area contributed by atoms with Gasteiger partial charge in [0.05, 0.1) is 0 Å². The number of urea groups is 1. The van der Waals surface area contributed by atoms with Crippen LogP contribution in [0, 0.1) is 3.57 Å². The molecular formula is C14H15F3IN3O2. The minimum Gasteiger partial charge on any atom is -0.345 e. The first-order valence-electron chi connectivity index (χ1n) is 6.94. The molecule has 1 fully saturated rings. The van der Waals surface area contributed by atoms with Gasteiger partial charge in [-0.05, 0) is 53.6 Å². The van der Waals surface area contributed by atoms with E-state index in [2.05, 4.69) is 27.9 Å². The molecule has 0 radical (unpaired) electrons. The van der Waals surface area contributed by atoms with Gasteiger partial charge < -0.3 is 15.5 Å². The Balaban J connectivity index is 1.97. The van der Waals surface area contributed by atoms with E-state index in [1.807, 2.05) is 11.4 Å². The molecule has 1 unspecified atom stereocenters. The lowest BCUT2D eigenvalue weighted by molar-refractivity contribution is -0.140. The van der Waals surface area contributed by atoms with Gasteiger partial charge in [-0.2, -0.15) is 13.2 Å². The Hall–Kier alpha value is -1.52. The molecule has 126 valence electrons. The van der Waals surface area contributed by atoms with Crippen LogP contribution in [0.1, 0.15) is 12.8 Å². The van der Waals surface area contributed by atoms with Crippen LogP contribution in [0.15, 0.2) is 24.3 Å². The molecule has 0 bridgehead atoms. The first-order valence-corrected chi connectivity index (χ1v) is 8.02. The number of carbonyl (C=O) groups excluding carboxylic acids is 2. The molecule has 1 aliphatic heterocycles. The molecule has 23 heavy (non-hydrogen) atoms. The summed E-state index contributed by atoms with van der Waals surface area (Å²) in [5.74, 6) is -0.780. The third-order valence-corrected chi connectivity index (χ3v) is 4.03. The van der Waals surface area contributed by atoms with Gasteiger partial charge in [0.15, 0.2) is 0 Å². The summed E-state index contributed by atoms with van der Waals surface area (Å²) in [6.07, 6.45) is -3.55. The second kappa shape index (κ2) is 7.37. The Labute approximate surface area is 144 Å². The van der Waals surface area contributed by atoms with E-state index in [4.69, 9.17) is 0 Å². The highest BCUT2D eigenvalue weighted by Gasteiger charge is 2.36. The van der Waals surface area contributed by atoms with E-state index in [-0.39, 0.29) is 0 Å². The van der Waals surface area contributed by atoms with Gasteiger partial charge in [-0.3, -0.25) is 4.79 Å². The summed E-state index contributed by atoms with van der Waals surface area (Å²) < 4.78 is 37.5. The molecule has 1 aromatic carbocycles. The second-order valence-corrected chi connectivity index (χ2v) is 6.37. The number of hydrogen-bond acceptors (Lipinski definition) is 2. The maximum absolute atomic E-state index is 12.3. The van der Waals surface area contributed by atoms with Gasteiger partial charge in [0.1, 0.15) is 12.6 Å². The van der Waals surface area contributed by atoms with Crippen LogP contribution < -0.4 is 10.6 Å². The first-order chi connectivity index (χ1) is 10.8. The zero-order chi connectivity index (χ0) is 17.0. The van der Waals surface area contributed by atoms with Gasteiger partial charge in [-0.15, -0.1) is 0 Å². The molecule has 5 nitrogen and oxygen atoms in total. The van der Waals surface area contributed by atoms with Gasteiger partial charge in [0.2, 0.25) is 5.91 Å². The summed E-state index contributed by atoms with van der Waals surface area (Å²) in [6.45, 7) is -1.06. The predicted octanol–water partition coefficient (Wildman–Crippen LogP) is 2.97. The van der Waals surface area contributed by atoms with Crippen LogP contribution in [-0.4, -0.2) is 42.1 Å². The van der Waals surface area contributed by atoms with E-state index in [9.17, 15) is 22.8 Å². The van der Waals surface area contributed by atoms with E-state index in [1.54, 1.807) is 18.2 Å². The minimum atomic E-state index is -4.47. The number of nitrogens with one attached hydrogen (secondary N) is 2. The van der Waals surface area contributed by atoms with Crippen LogP contribution in [0.4, 0.5) is 23.7 Å². The summed E-state index contributed by atoms with van der Waals surface area (Å²) in [7, 11) is 0. The zero-order valence-electron chi connectivity index (χ0n) is 12.0. The number of nitrogens with zero attached hydrogens (tertiary/aromatic N) is 1. The fourth-order valence-corrected chi connectivity index (χ4v) is 2.89. The molecule has 1 aliphatic rings. The predicted molar refractivity (Wildman–Crippen MR) is 87.0 cm³/mol. The summed E-state index contributed by atoms with van der Waals surface area (Å²) in [5.41, 5.74) is 0.572. The molecule has 0 aliphatic carbocycles. The van der Waals surface area contributed by atoms with Crippen molar-refractivity contribution in [2.24, 2.45) is 0 Å². The van der Waals surface area contributed by atoms with Crippen molar-refractivity contribution >= 4 is 40.2 Å². The number of anilines is 1. The molecule has 9 heteroatoms. The van der Waals surface area contributed by atoms with Crippen LogP contribution in [0.2, 0.25) is 0 Å². The molecule has 0 aromatic heterocycles. The van der Waals surface area contributed by atoms with E-state index in [0.29, 0.717) is 25.1 Å². The molecule has 1 aromatic rings. The fourth-order valence-electron chi connectivity index (χ4n) is 2.35. The molecule has 2 N–H and O–H groups in total. The van der Waals surface area contributed by atoms with Crippen LogP contribution in [0.5, 0.6) is 0 Å². The summed E-state index contributed by atoms with van der Waals surface area (Å²) >= 11 is 2.10. The Kier molecular flexibility index (Phi) is 5.71. The van der Waals surface area contributed by atoms with Crippen molar-refractivity contribution in [3.05, 3.63) is 27.8 Å². The van der Waals surface area contributed by atoms with E-state index in [1.165, 1.54) is 4.90 Å². The number of amides is 3. The third-order valence-electron chi connectivity index (χ3n) is 3.36. The number of carbonyl (C=O) groups is 2. The Bertz CT molecular complexity index is 595. The van der Waals surface area contributed by atoms with Crippen LogP contribution in [-0.2, 0) is 4.79 Å². The first kappa shape index (κ1) is 17.8. The smallest absolute Gasteiger partial charge is 0.345 e. The fraction of sp³-hybridized carbons (Fsp3) is 0.429. The maximum atomic E-state index is 12.3. The molecule has 1 atom stereocenters. The molecule has 0 spiro atoms. The number of hydrogen-bond donors (Lipinski definition) is 2. The van der Waals surface area contributed by atoms with Crippen molar-refractivity contribution in [3.63, 3.8) is 0 Å². The third kappa shape index (κ3) is 5.26. The second-order valence-electron chi connectivity index (χ2n) is 5.12. The van der Waals surface area contributed by atoms with Crippen molar-refractivity contribution < 1.29 is 22.8 Å². The Morgan fingerprint density at radius 2 is 2.09 bits per heavy atom. The Morgan fingerprint density at radius 1 is 1.35 bits per heavy atom. The number of likely N-dealkylation sites (tertiary alicyclic amines) is 1. The van der Waals surface area contributed by atoms with Crippen molar-refractivity contribution in [1.29, 1.82) is 0 Å². The van der Waals surface area contributed by atoms with Gasteiger partial charge in [0, 0.05) is 15.8 Å². The van der Waals surface area contributed by atoms with Gasteiger partial charge >= 0.3 is 12.2 Å². The standard InChI is InChI=1S/C14H15F3IN3O2/c15-14(16,17)8-19-12(22)11-5-2-6-21(11)13(23)20-10-4-1-3-9(18)7-10/h1,3-4,7,11H,2,5-6,8H2,(H,19,22)(H,20,23). The summed E-state index contributed by atoms with van der Waals surface area (Å²) in [5, 5.41) is 4.50. The van der Waals surface area contributed by atoms with E-state index >= 15 is 0 Å². The van der Waals surface area contributed by atoms with E-state index in [0.717, 1.165) is 3.57 Å². The average molecular weight is 441 g/mol. The van der Waals surface area contributed by atoms with Gasteiger partial charge in [0.25, 0.3) is 0 Å². The molecular weight excluding hydrogens is 426 g/mol. The summed E-state index contributed by atoms with van der Waals surface area (Å²) in [6, 6.07) is 5.73. The number of benzene rings is 1. The summed E-state index contributed by atoms with van der Waals surface area (Å²) in [4.78, 5) is 25.4. The van der Waals surface area contributed by atoms with Crippen LogP contribution >= 0.6 is 22.6 Å². The van der Waals surface area contributed by atoms with Crippen molar-refractivity contribution in [1.82, 2.24) is 10.2 Å². The monoisotopic (exact) mass is 441 g/mol. The van der Waals surface area contributed by atoms with E-state index < -0.39 is 30.7 Å². The Morgan fingerprint density at radius 3 is 2.74 bits per heavy atom. The normalized spacial score (nSPS) is 17.9. The molecule has 0 saturated carbocycles. The highest BCUT2D eigenvalue weighted by atomic mass is 127. The largest absolute Gasteiger partial charge is 0.405 e. The zero-order valence-corrected chi connectivity index (χ0v) is 14.1. The number of halogens is 4. The van der Waals surface area contributed by atoms with Crippen LogP contribution in [0.25, 0.3) is 0 Å². The highest BCUT2D eigenvalue weighted by Crippen LogP contribution is 2.21. The average Bonchev–Trinajstić information content (AvgIpc) is 2.93. The highest BCUT2D eigenvalue weighted by molar-refractivity contribution is 14.1. The topological polar surface area (TPSA) is 61.4 Å². The minimum absolute atomic E-state index is 0.333. The lowest BCUT2D eigenvalue weighted by Crippen LogP contribution is -2.49. The molecule has 1 saturated heterocycles. The molecule has 3 amide bonds. The van der Waals surface area contributed by atoms with Crippen molar-refractivity contribution in [3.8, 4) is 0 Å². The molecule has 2 rings (SSSR count). The quantitative estimate of drug-likeness (QED) is 0.709. The van der Waals surface area contributed by atoms with Crippen molar-refractivity contribution in [2.75, 3.05) is 18.4 Å². The maximum Gasteiger partial charge on any atom is 0.405 e. The van der Waals surface area contributed by atoms with Gasteiger partial charge in [-0.25, -0.2) is 4.79 Å². The lowest BCUT2D eigenvalue weighted by atomic mass is 10.2. The lowest BCUT2D eigenvalue weighted by Gasteiger charge is -2.24. The number of rotatable bonds is 3. The van der Waals surface area contributed by atoms with Crippen LogP contribution in [0.3, 0.4) is 0 Å². The SMILES string of the molecule is O=C(NCC(F)(F)F)C1CCCN1C(=O)Nc1cccc(I)c1.